The summed E-state index contributed by atoms with van der Waals surface area (Å²) in [6, 6.07) is 0. The molecule has 17 heteroatoms. The number of nitrogens with one attached hydrogen (secondary N) is 1. The first-order valence-electron chi connectivity index (χ1n) is 11.7. The van der Waals surface area contributed by atoms with Crippen molar-refractivity contribution in [1.29, 1.82) is 0 Å². The Balaban J connectivity index is 1.51. The van der Waals surface area contributed by atoms with Gasteiger partial charge in [-0.1, -0.05) is 0 Å². The van der Waals surface area contributed by atoms with Gasteiger partial charge in [0, 0.05) is 19.7 Å². The maximum Gasteiger partial charge on any atom is 0.245 e. The van der Waals surface area contributed by atoms with E-state index >= 15 is 0 Å². The Morgan fingerprint density at radius 2 is 1.82 bits per heavy atom. The van der Waals surface area contributed by atoms with Crippen LogP contribution in [0.15, 0.2) is 18.7 Å². The van der Waals surface area contributed by atoms with Crippen LogP contribution in [0, 0.1) is 5.82 Å². The lowest BCUT2D eigenvalue weighted by molar-refractivity contribution is 0.103. The number of hydrogen-bond acceptors (Lipinski definition) is 13. The molecule has 0 amide bonds. The number of ether oxygens (including phenoxy) is 3. The number of nitrogens with zero attached hydrogens (tertiary/aromatic N) is 8. The second-order valence-electron chi connectivity index (χ2n) is 8.72. The first-order chi connectivity index (χ1) is 18.3. The molecule has 0 radical (unpaired) electrons. The normalized spacial score (nSPS) is 21.9. The van der Waals surface area contributed by atoms with E-state index in [0.29, 0.717) is 18.9 Å². The molecule has 38 heavy (non-hydrogen) atoms. The van der Waals surface area contributed by atoms with Crippen LogP contribution in [0.2, 0.25) is 0 Å². The lowest BCUT2D eigenvalue weighted by Crippen LogP contribution is -2.50. The van der Waals surface area contributed by atoms with E-state index in [1.54, 1.807) is 0 Å². The van der Waals surface area contributed by atoms with Gasteiger partial charge in [0.05, 0.1) is 32.7 Å². The van der Waals surface area contributed by atoms with Crippen LogP contribution in [0.5, 0.6) is 11.8 Å². The molecule has 3 atom stereocenters. The number of sulfonamides is 1. The van der Waals surface area contributed by atoms with Gasteiger partial charge in [-0.3, -0.25) is 9.29 Å². The van der Waals surface area contributed by atoms with Gasteiger partial charge in [-0.2, -0.15) is 9.97 Å². The van der Waals surface area contributed by atoms with Crippen molar-refractivity contribution in [3.05, 3.63) is 30.4 Å². The van der Waals surface area contributed by atoms with Crippen molar-refractivity contribution in [1.82, 2.24) is 34.7 Å². The van der Waals surface area contributed by atoms with Gasteiger partial charge in [0.2, 0.25) is 33.7 Å². The highest BCUT2D eigenvalue weighted by atomic mass is 32.2. The second kappa shape index (κ2) is 10.6. The lowest BCUT2D eigenvalue weighted by Gasteiger charge is -2.35. The number of halogens is 1. The van der Waals surface area contributed by atoms with Crippen LogP contribution in [-0.4, -0.2) is 93.5 Å². The molecule has 0 aliphatic carbocycles. The summed E-state index contributed by atoms with van der Waals surface area (Å²) in [7, 11) is -1.36. The zero-order valence-corrected chi connectivity index (χ0v) is 21.4. The standard InChI is InChI=1S/C21H26FN9O6S/c1-35-18-16(19(36-2)26-11-25-18)31-17(15-4-3-5-37-15)27-28-21(31)29-38(33,34)14-6-13(32)9-30(10-14)20-23-7-12(22)8-24-20/h7-8,11,13-15,32H,3-6,9-10H2,1-2H3,(H,28,29)/t13-,14+,15?/m0/s1. The van der Waals surface area contributed by atoms with Crippen LogP contribution in [0.1, 0.15) is 31.2 Å². The Hall–Kier alpha value is -3.70. The summed E-state index contributed by atoms with van der Waals surface area (Å²) < 4.78 is 61.0. The van der Waals surface area contributed by atoms with Gasteiger partial charge in [-0.15, -0.1) is 10.2 Å². The third-order valence-corrected chi connectivity index (χ3v) is 7.91. The summed E-state index contributed by atoms with van der Waals surface area (Å²) in [4.78, 5) is 17.6. The number of hydrogen-bond donors (Lipinski definition) is 2. The maximum atomic E-state index is 13.6. The van der Waals surface area contributed by atoms with Crippen LogP contribution in [0.25, 0.3) is 5.69 Å². The summed E-state index contributed by atoms with van der Waals surface area (Å²) in [6.45, 7) is 0.554. The van der Waals surface area contributed by atoms with Gasteiger partial charge < -0.3 is 24.2 Å². The minimum atomic E-state index is -4.17. The molecule has 0 bridgehead atoms. The minimum absolute atomic E-state index is 0.0498. The predicted octanol–water partition coefficient (Wildman–Crippen LogP) is 0.237. The molecule has 2 fully saturated rings. The van der Waals surface area contributed by atoms with E-state index in [0.717, 1.165) is 18.8 Å². The monoisotopic (exact) mass is 551 g/mol. The number of rotatable bonds is 8. The van der Waals surface area contributed by atoms with Gasteiger partial charge in [0.15, 0.2) is 17.3 Å². The Morgan fingerprint density at radius 1 is 1.11 bits per heavy atom. The van der Waals surface area contributed by atoms with E-state index in [4.69, 9.17) is 14.2 Å². The van der Waals surface area contributed by atoms with Crippen LogP contribution in [0.4, 0.5) is 16.3 Å². The zero-order valence-electron chi connectivity index (χ0n) is 20.6. The van der Waals surface area contributed by atoms with E-state index in [9.17, 15) is 17.9 Å². The first-order valence-corrected chi connectivity index (χ1v) is 13.3. The number of methoxy groups -OCH3 is 2. The molecule has 5 rings (SSSR count). The van der Waals surface area contributed by atoms with E-state index in [2.05, 4.69) is 34.9 Å². The Morgan fingerprint density at radius 3 is 2.45 bits per heavy atom. The average Bonchev–Trinajstić information content (AvgIpc) is 3.58. The molecule has 1 unspecified atom stereocenters. The lowest BCUT2D eigenvalue weighted by atomic mass is 10.1. The minimum Gasteiger partial charge on any atom is -0.479 e. The molecule has 204 valence electrons. The molecule has 5 heterocycles. The third kappa shape index (κ3) is 5.03. The Kier molecular flexibility index (Phi) is 7.22. The molecule has 0 spiro atoms. The molecule has 3 aromatic heterocycles. The van der Waals surface area contributed by atoms with Crippen molar-refractivity contribution in [3.8, 4) is 17.4 Å². The van der Waals surface area contributed by atoms with Crippen molar-refractivity contribution < 1.29 is 32.1 Å². The van der Waals surface area contributed by atoms with Crippen LogP contribution in [-0.2, 0) is 14.8 Å². The maximum absolute atomic E-state index is 13.6. The van der Waals surface area contributed by atoms with Crippen molar-refractivity contribution in [2.45, 2.75) is 36.7 Å². The number of aliphatic hydroxyl groups excluding tert-OH is 1. The Labute approximate surface area is 217 Å². The molecule has 2 N–H and O–H groups in total. The molecular weight excluding hydrogens is 525 g/mol. The van der Waals surface area contributed by atoms with Gasteiger partial charge >= 0.3 is 0 Å². The van der Waals surface area contributed by atoms with Gasteiger partial charge in [0.25, 0.3) is 0 Å². The number of anilines is 2. The van der Waals surface area contributed by atoms with E-state index in [1.807, 2.05) is 0 Å². The molecule has 0 saturated carbocycles. The molecular formula is C21H26FN9O6S. The highest BCUT2D eigenvalue weighted by Crippen LogP contribution is 2.37. The van der Waals surface area contributed by atoms with Crippen molar-refractivity contribution in [2.75, 3.05) is 43.5 Å². The van der Waals surface area contributed by atoms with Gasteiger partial charge in [-0.05, 0) is 19.3 Å². The first kappa shape index (κ1) is 25.9. The largest absolute Gasteiger partial charge is 0.479 e. The summed E-state index contributed by atoms with van der Waals surface area (Å²) in [5.74, 6) is -0.171. The van der Waals surface area contributed by atoms with E-state index < -0.39 is 33.3 Å². The molecule has 0 aromatic carbocycles. The SMILES string of the molecule is COc1ncnc(OC)c1-n1c(NS(=O)(=O)[C@@H]2C[C@H](O)CN(c3ncc(F)cn3)C2)nnc1C1CCCO1. The van der Waals surface area contributed by atoms with Crippen molar-refractivity contribution >= 4 is 21.9 Å². The van der Waals surface area contributed by atoms with Gasteiger partial charge in [0.1, 0.15) is 17.7 Å². The predicted molar refractivity (Wildman–Crippen MR) is 129 cm³/mol. The summed E-state index contributed by atoms with van der Waals surface area (Å²) in [6.07, 6.45) is 3.12. The van der Waals surface area contributed by atoms with Crippen molar-refractivity contribution in [3.63, 3.8) is 0 Å². The summed E-state index contributed by atoms with van der Waals surface area (Å²) >= 11 is 0. The fourth-order valence-electron chi connectivity index (χ4n) is 4.50. The van der Waals surface area contributed by atoms with Crippen LogP contribution < -0.4 is 19.1 Å². The molecule has 2 aliphatic heterocycles. The van der Waals surface area contributed by atoms with Crippen molar-refractivity contribution in [2.24, 2.45) is 0 Å². The third-order valence-electron chi connectivity index (χ3n) is 6.22. The van der Waals surface area contributed by atoms with Gasteiger partial charge in [-0.25, -0.2) is 22.8 Å². The fourth-order valence-corrected chi connectivity index (χ4v) is 5.91. The highest BCUT2D eigenvalue weighted by molar-refractivity contribution is 7.93. The average molecular weight is 552 g/mol. The molecule has 3 aromatic rings. The highest BCUT2D eigenvalue weighted by Gasteiger charge is 2.38. The van der Waals surface area contributed by atoms with E-state index in [1.165, 1.54) is 30.0 Å². The zero-order chi connectivity index (χ0) is 26.9. The van der Waals surface area contributed by atoms with Crippen LogP contribution in [0.3, 0.4) is 0 Å². The molecule has 2 aliphatic rings. The fraction of sp³-hybridized carbons (Fsp3) is 0.524. The number of piperidine rings is 1. The topological polar surface area (TPSA) is 180 Å². The Bertz CT molecular complexity index is 1360. The summed E-state index contributed by atoms with van der Waals surface area (Å²) in [5, 5.41) is 17.7. The van der Waals surface area contributed by atoms with Crippen LogP contribution >= 0.6 is 0 Å². The number of aliphatic hydroxyl groups is 1. The number of aromatic nitrogens is 7. The molecule has 2 saturated heterocycles. The quantitative estimate of drug-likeness (QED) is 0.389. The summed E-state index contributed by atoms with van der Waals surface area (Å²) in [5.41, 5.74) is 0.190. The van der Waals surface area contributed by atoms with E-state index in [-0.39, 0.29) is 48.9 Å². The second-order valence-corrected chi connectivity index (χ2v) is 10.7. The molecule has 15 nitrogen and oxygen atoms in total. The number of β-amino-alcohol motifs (C(OH)–C–C–N with tert-alkyl or cyclic N) is 1. The smallest absolute Gasteiger partial charge is 0.245 e.